The quantitative estimate of drug-likeness (QED) is 0.323. The highest BCUT2D eigenvalue weighted by molar-refractivity contribution is 5.86. The van der Waals surface area contributed by atoms with Gasteiger partial charge in [0.15, 0.2) is 0 Å². The molecule has 0 aliphatic carbocycles. The number of hydrogen-bond acceptors (Lipinski definition) is 7. The molecule has 0 aromatic rings. The number of piperidine rings is 4. The molecule has 2 atom stereocenters. The summed E-state index contributed by atoms with van der Waals surface area (Å²) in [5.74, 6) is -1.15. The van der Waals surface area contributed by atoms with Gasteiger partial charge in [-0.2, -0.15) is 26.3 Å². The summed E-state index contributed by atoms with van der Waals surface area (Å²) in [6.45, 7) is 13.6. The third-order valence-electron chi connectivity index (χ3n) is 12.5. The van der Waals surface area contributed by atoms with Gasteiger partial charge < -0.3 is 29.7 Å². The summed E-state index contributed by atoms with van der Waals surface area (Å²) >= 11 is 0. The molecule has 6 aliphatic rings. The number of carbonyl (C=O) groups excluding carboxylic acids is 3. The zero-order valence-electron chi connectivity index (χ0n) is 33.1. The SMILES string of the molecule is CC(C)(C)OC(=O)N1CCC[C@H]1C(=O)N1CCC(CN2CCC(C(F)(F)F)CC2)CC1.O=C([C@@H]1CCCN1)N1CCC(CN2CCC(C(F)(F)F)CC2)CC1. The molecular formula is C39H64F6N6O4. The minimum Gasteiger partial charge on any atom is -0.444 e. The Kier molecular flexibility index (Phi) is 15.1. The van der Waals surface area contributed by atoms with E-state index in [9.17, 15) is 40.7 Å². The topological polar surface area (TPSA) is 88.7 Å². The van der Waals surface area contributed by atoms with Crippen LogP contribution in [0.25, 0.3) is 0 Å². The van der Waals surface area contributed by atoms with Crippen LogP contribution in [-0.4, -0.2) is 151 Å². The molecule has 3 amide bonds. The Bertz CT molecular complexity index is 1240. The first-order valence-electron chi connectivity index (χ1n) is 20.8. The van der Waals surface area contributed by atoms with Gasteiger partial charge >= 0.3 is 18.4 Å². The molecule has 316 valence electrons. The average molecular weight is 795 g/mol. The Morgan fingerprint density at radius 3 is 1.44 bits per heavy atom. The number of likely N-dealkylation sites (tertiary alicyclic amines) is 5. The van der Waals surface area contributed by atoms with E-state index in [4.69, 9.17) is 4.74 Å². The monoisotopic (exact) mass is 794 g/mol. The first kappa shape index (κ1) is 43.8. The van der Waals surface area contributed by atoms with Crippen LogP contribution in [0.1, 0.15) is 97.8 Å². The minimum atomic E-state index is -4.08. The van der Waals surface area contributed by atoms with Crippen molar-refractivity contribution in [1.29, 1.82) is 0 Å². The number of hydrogen-bond donors (Lipinski definition) is 1. The zero-order chi connectivity index (χ0) is 40.0. The highest BCUT2D eigenvalue weighted by atomic mass is 19.4. The van der Waals surface area contributed by atoms with Crippen LogP contribution in [-0.2, 0) is 14.3 Å². The number of rotatable bonds is 6. The summed E-state index contributed by atoms with van der Waals surface area (Å²) in [7, 11) is 0. The Labute approximate surface area is 323 Å². The largest absolute Gasteiger partial charge is 0.444 e. The second-order valence-corrected chi connectivity index (χ2v) is 17.8. The number of alkyl halides is 6. The smallest absolute Gasteiger partial charge is 0.410 e. The summed E-state index contributed by atoms with van der Waals surface area (Å²) < 4.78 is 82.1. The molecule has 0 aromatic carbocycles. The van der Waals surface area contributed by atoms with Gasteiger partial charge in [0.1, 0.15) is 11.6 Å². The summed E-state index contributed by atoms with van der Waals surface area (Å²) in [5.41, 5.74) is -0.597. The molecule has 6 fully saturated rings. The minimum absolute atomic E-state index is 0.00273. The fourth-order valence-corrected chi connectivity index (χ4v) is 9.18. The molecule has 6 saturated heterocycles. The maximum Gasteiger partial charge on any atom is 0.410 e. The second-order valence-electron chi connectivity index (χ2n) is 17.8. The van der Waals surface area contributed by atoms with Gasteiger partial charge in [0.05, 0.1) is 17.9 Å². The molecule has 0 spiro atoms. The summed E-state index contributed by atoms with van der Waals surface area (Å²) in [6.07, 6.45) is -0.616. The Hall–Kier alpha value is -2.33. The summed E-state index contributed by atoms with van der Waals surface area (Å²) in [5, 5.41) is 3.26. The fraction of sp³-hybridized carbons (Fsp3) is 0.923. The van der Waals surface area contributed by atoms with Crippen LogP contribution < -0.4 is 5.32 Å². The van der Waals surface area contributed by atoms with Gasteiger partial charge in [0.2, 0.25) is 11.8 Å². The highest BCUT2D eigenvalue weighted by Crippen LogP contribution is 2.36. The van der Waals surface area contributed by atoms with Crippen LogP contribution in [0.3, 0.4) is 0 Å². The lowest BCUT2D eigenvalue weighted by atomic mass is 9.92. The number of amides is 3. The molecule has 55 heavy (non-hydrogen) atoms. The third kappa shape index (κ3) is 12.8. The lowest BCUT2D eigenvalue weighted by Gasteiger charge is -2.39. The Balaban J connectivity index is 0.000000218. The van der Waals surface area contributed by atoms with E-state index in [1.165, 1.54) is 0 Å². The molecule has 0 unspecified atom stereocenters. The van der Waals surface area contributed by atoms with Crippen LogP contribution in [0.4, 0.5) is 31.1 Å². The van der Waals surface area contributed by atoms with E-state index in [0.29, 0.717) is 64.1 Å². The molecule has 0 aromatic heterocycles. The van der Waals surface area contributed by atoms with E-state index in [1.54, 1.807) is 4.90 Å². The van der Waals surface area contributed by atoms with Crippen molar-refractivity contribution >= 4 is 17.9 Å². The van der Waals surface area contributed by atoms with Gasteiger partial charge in [-0.15, -0.1) is 0 Å². The maximum absolute atomic E-state index is 13.1. The second kappa shape index (κ2) is 18.9. The molecule has 6 rings (SSSR count). The molecule has 6 aliphatic heterocycles. The van der Waals surface area contributed by atoms with Gasteiger partial charge in [-0.25, -0.2) is 4.79 Å². The van der Waals surface area contributed by atoms with E-state index in [-0.39, 0.29) is 43.5 Å². The molecule has 0 bridgehead atoms. The van der Waals surface area contributed by atoms with Gasteiger partial charge in [-0.05, 0) is 142 Å². The van der Waals surface area contributed by atoms with Crippen molar-refractivity contribution in [3.63, 3.8) is 0 Å². The zero-order valence-corrected chi connectivity index (χ0v) is 33.1. The number of nitrogens with one attached hydrogen (secondary N) is 1. The predicted octanol–water partition coefficient (Wildman–Crippen LogP) is 6.15. The summed E-state index contributed by atoms with van der Waals surface area (Å²) in [6, 6.07) is -0.448. The van der Waals surface area contributed by atoms with Gasteiger partial charge in [0, 0.05) is 45.8 Å². The molecule has 0 saturated carbocycles. The van der Waals surface area contributed by atoms with Crippen molar-refractivity contribution < 1.29 is 45.5 Å². The number of ether oxygens (including phenoxy) is 1. The van der Waals surface area contributed by atoms with Crippen LogP contribution >= 0.6 is 0 Å². The molecule has 1 N–H and O–H groups in total. The Morgan fingerprint density at radius 1 is 0.582 bits per heavy atom. The van der Waals surface area contributed by atoms with E-state index in [1.807, 2.05) is 30.6 Å². The van der Waals surface area contributed by atoms with Crippen LogP contribution in [0.2, 0.25) is 0 Å². The lowest BCUT2D eigenvalue weighted by molar-refractivity contribution is -0.186. The first-order chi connectivity index (χ1) is 25.9. The summed E-state index contributed by atoms with van der Waals surface area (Å²) in [4.78, 5) is 47.6. The van der Waals surface area contributed by atoms with Crippen molar-refractivity contribution in [2.75, 3.05) is 78.5 Å². The third-order valence-corrected chi connectivity index (χ3v) is 12.5. The van der Waals surface area contributed by atoms with E-state index in [2.05, 4.69) is 15.1 Å². The fourth-order valence-electron chi connectivity index (χ4n) is 9.18. The van der Waals surface area contributed by atoms with Gasteiger partial charge in [0.25, 0.3) is 0 Å². The number of halogens is 6. The van der Waals surface area contributed by atoms with Crippen LogP contribution in [0, 0.1) is 23.7 Å². The average Bonchev–Trinajstić information content (AvgIpc) is 3.85. The standard InChI is InChI=1S/C22H36F3N3O3.C17H28F3N3O/c1-21(2,3)31-20(30)28-10-4-5-18(28)19(29)27-13-6-16(7-14-27)15-26-11-8-17(9-12-26)22(23,24)25;18-17(19,20)14-5-8-22(9-6-14)12-13-3-10-23(11-4-13)16(24)15-2-1-7-21-15/h16-18H,4-15H2,1-3H3;13-15,21H,1-12H2/t18-;15-/m00/s1. The first-order valence-corrected chi connectivity index (χ1v) is 20.8. The highest BCUT2D eigenvalue weighted by Gasteiger charge is 2.43. The maximum atomic E-state index is 13.1. The molecule has 0 radical (unpaired) electrons. The molecular weight excluding hydrogens is 730 g/mol. The number of carbonyl (C=O) groups is 3. The van der Waals surface area contributed by atoms with Gasteiger partial charge in [-0.3, -0.25) is 14.5 Å². The number of nitrogens with zero attached hydrogens (tertiary/aromatic N) is 5. The van der Waals surface area contributed by atoms with Crippen molar-refractivity contribution in [1.82, 2.24) is 29.8 Å². The van der Waals surface area contributed by atoms with E-state index in [0.717, 1.165) is 77.7 Å². The molecule has 16 heteroatoms. The Morgan fingerprint density at radius 2 is 1.04 bits per heavy atom. The van der Waals surface area contributed by atoms with Crippen molar-refractivity contribution in [2.24, 2.45) is 23.7 Å². The normalized spacial score (nSPS) is 26.6. The molecule has 6 heterocycles. The molecule has 10 nitrogen and oxygen atoms in total. The van der Waals surface area contributed by atoms with Crippen molar-refractivity contribution in [3.05, 3.63) is 0 Å². The van der Waals surface area contributed by atoms with Crippen LogP contribution in [0.5, 0.6) is 0 Å². The van der Waals surface area contributed by atoms with E-state index >= 15 is 0 Å². The lowest BCUT2D eigenvalue weighted by Crippen LogP contribution is -2.51. The van der Waals surface area contributed by atoms with Crippen molar-refractivity contribution in [3.8, 4) is 0 Å². The van der Waals surface area contributed by atoms with Crippen molar-refractivity contribution in [2.45, 2.75) is 128 Å². The van der Waals surface area contributed by atoms with Gasteiger partial charge in [-0.1, -0.05) is 0 Å². The predicted molar refractivity (Wildman–Crippen MR) is 196 cm³/mol. The van der Waals surface area contributed by atoms with E-state index < -0.39 is 41.9 Å². The van der Waals surface area contributed by atoms with Crippen LogP contribution in [0.15, 0.2) is 0 Å².